The van der Waals surface area contributed by atoms with E-state index in [1.165, 1.54) is 24.3 Å². The van der Waals surface area contributed by atoms with Gasteiger partial charge in [0.25, 0.3) is 0 Å². The molecular formula is C26H29ClN4O2S. The summed E-state index contributed by atoms with van der Waals surface area (Å²) in [6.07, 6.45) is 3.12. The van der Waals surface area contributed by atoms with Crippen LogP contribution in [-0.2, 0) is 9.59 Å². The van der Waals surface area contributed by atoms with E-state index in [9.17, 15) is 9.59 Å². The van der Waals surface area contributed by atoms with E-state index >= 15 is 0 Å². The molecule has 8 heteroatoms. The third kappa shape index (κ3) is 6.53. The molecule has 0 bridgehead atoms. The van der Waals surface area contributed by atoms with E-state index in [2.05, 4.69) is 29.0 Å². The molecule has 0 radical (unpaired) electrons. The predicted octanol–water partition coefficient (Wildman–Crippen LogP) is 5.69. The highest BCUT2D eigenvalue weighted by Gasteiger charge is 2.21. The van der Waals surface area contributed by atoms with E-state index in [0.717, 1.165) is 24.3 Å². The van der Waals surface area contributed by atoms with Gasteiger partial charge in [-0.15, -0.1) is 11.3 Å². The van der Waals surface area contributed by atoms with Gasteiger partial charge in [-0.3, -0.25) is 19.4 Å². The summed E-state index contributed by atoms with van der Waals surface area (Å²) in [6.45, 7) is 7.80. The Labute approximate surface area is 209 Å². The van der Waals surface area contributed by atoms with Crippen molar-refractivity contribution >= 4 is 51.6 Å². The van der Waals surface area contributed by atoms with E-state index < -0.39 is 0 Å². The maximum absolute atomic E-state index is 12.6. The molecule has 0 aliphatic carbocycles. The highest BCUT2D eigenvalue weighted by Crippen LogP contribution is 2.29. The second kappa shape index (κ2) is 12.5. The van der Waals surface area contributed by atoms with Crippen LogP contribution >= 0.6 is 22.9 Å². The number of benzene rings is 2. The largest absolute Gasteiger partial charge is 0.351 e. The molecule has 0 spiro atoms. The molecule has 1 heterocycles. The van der Waals surface area contributed by atoms with Crippen LogP contribution in [0.1, 0.15) is 38.1 Å². The lowest BCUT2D eigenvalue weighted by molar-refractivity contribution is -0.117. The summed E-state index contributed by atoms with van der Waals surface area (Å²) in [5, 5.41) is 6.05. The molecule has 0 aliphatic rings. The van der Waals surface area contributed by atoms with Gasteiger partial charge in [0.15, 0.2) is 5.13 Å². The molecule has 0 saturated carbocycles. The van der Waals surface area contributed by atoms with Gasteiger partial charge in [-0.1, -0.05) is 61.8 Å². The Morgan fingerprint density at radius 3 is 2.41 bits per heavy atom. The van der Waals surface area contributed by atoms with Gasteiger partial charge in [0.05, 0.1) is 17.4 Å². The van der Waals surface area contributed by atoms with Gasteiger partial charge in [-0.25, -0.2) is 4.98 Å². The van der Waals surface area contributed by atoms with Crippen molar-refractivity contribution in [3.05, 3.63) is 82.3 Å². The van der Waals surface area contributed by atoms with Crippen molar-refractivity contribution in [2.24, 2.45) is 0 Å². The molecule has 2 amide bonds. The first-order valence-electron chi connectivity index (χ1n) is 11.2. The first kappa shape index (κ1) is 25.6. The number of hydrogen-bond donors (Lipinski definition) is 1. The Morgan fingerprint density at radius 2 is 1.76 bits per heavy atom. The van der Waals surface area contributed by atoms with Crippen LogP contribution in [-0.4, -0.2) is 41.3 Å². The number of thiazole rings is 1. The zero-order valence-electron chi connectivity index (χ0n) is 19.6. The van der Waals surface area contributed by atoms with Crippen LogP contribution in [0.25, 0.3) is 6.08 Å². The minimum Gasteiger partial charge on any atom is -0.351 e. The summed E-state index contributed by atoms with van der Waals surface area (Å²) in [5.74, 6) is -0.346. The Bertz CT molecular complexity index is 1130. The van der Waals surface area contributed by atoms with Crippen LogP contribution in [0.4, 0.5) is 10.8 Å². The lowest BCUT2D eigenvalue weighted by atomic mass is 10.0. The Morgan fingerprint density at radius 1 is 1.09 bits per heavy atom. The van der Waals surface area contributed by atoms with Crippen molar-refractivity contribution in [1.29, 1.82) is 0 Å². The Hall–Kier alpha value is -3.00. The zero-order chi connectivity index (χ0) is 24.5. The molecule has 1 aromatic heterocycles. The van der Waals surface area contributed by atoms with E-state index in [1.807, 2.05) is 60.0 Å². The molecule has 3 aromatic rings. The average Bonchev–Trinajstić information content (AvgIpc) is 3.30. The van der Waals surface area contributed by atoms with Gasteiger partial charge in [-0.05, 0) is 42.9 Å². The molecule has 1 atom stereocenters. The summed E-state index contributed by atoms with van der Waals surface area (Å²) in [6, 6.07) is 17.1. The fraction of sp³-hybridized carbons (Fsp3) is 0.269. The van der Waals surface area contributed by atoms with E-state index in [-0.39, 0.29) is 17.9 Å². The lowest BCUT2D eigenvalue weighted by Crippen LogP contribution is -2.37. The minimum atomic E-state index is -0.217. The summed E-state index contributed by atoms with van der Waals surface area (Å²) < 4.78 is 0. The number of hydrogen-bond acceptors (Lipinski definition) is 5. The SMILES string of the molecule is CCN(CC)C(CNC(=O)/C=C/c1csc(N(C(C)=O)c2ccccc2)n1)c1ccccc1Cl. The van der Waals surface area contributed by atoms with E-state index in [0.29, 0.717) is 22.4 Å². The molecule has 1 unspecified atom stereocenters. The molecule has 0 saturated heterocycles. The third-order valence-electron chi connectivity index (χ3n) is 5.42. The summed E-state index contributed by atoms with van der Waals surface area (Å²) >= 11 is 7.79. The van der Waals surface area contributed by atoms with Crippen LogP contribution in [0.3, 0.4) is 0 Å². The Kier molecular flexibility index (Phi) is 9.39. The first-order valence-corrected chi connectivity index (χ1v) is 12.5. The molecular weight excluding hydrogens is 468 g/mol. The molecule has 34 heavy (non-hydrogen) atoms. The van der Waals surface area contributed by atoms with E-state index in [1.54, 1.807) is 11.0 Å². The molecule has 178 valence electrons. The summed E-state index contributed by atoms with van der Waals surface area (Å²) in [4.78, 5) is 33.1. The number of rotatable bonds is 10. The minimum absolute atomic E-state index is 0.0260. The fourth-order valence-corrected chi connectivity index (χ4v) is 4.84. The van der Waals surface area contributed by atoms with Gasteiger partial charge in [0, 0.05) is 29.9 Å². The maximum atomic E-state index is 12.6. The smallest absolute Gasteiger partial charge is 0.244 e. The molecule has 6 nitrogen and oxygen atoms in total. The quantitative estimate of drug-likeness (QED) is 0.366. The highest BCUT2D eigenvalue weighted by molar-refractivity contribution is 7.14. The van der Waals surface area contributed by atoms with Gasteiger partial charge < -0.3 is 5.32 Å². The van der Waals surface area contributed by atoms with Gasteiger partial charge in [-0.2, -0.15) is 0 Å². The molecule has 3 rings (SSSR count). The van der Waals surface area contributed by atoms with E-state index in [4.69, 9.17) is 11.6 Å². The molecule has 2 aromatic carbocycles. The predicted molar refractivity (Wildman–Crippen MR) is 141 cm³/mol. The van der Waals surface area contributed by atoms with Gasteiger partial charge >= 0.3 is 0 Å². The lowest BCUT2D eigenvalue weighted by Gasteiger charge is -2.30. The average molecular weight is 497 g/mol. The van der Waals surface area contributed by atoms with Crippen molar-refractivity contribution in [2.75, 3.05) is 24.5 Å². The standard InChI is InChI=1S/C26H29ClN4O2S/c1-4-30(5-2)24(22-13-9-10-14-23(22)27)17-28-25(33)16-15-20-18-34-26(29-20)31(19(3)32)21-11-7-6-8-12-21/h6-16,18,24H,4-5,17H2,1-3H3,(H,28,33)/b16-15+. The number of nitrogens with one attached hydrogen (secondary N) is 1. The molecule has 0 aliphatic heterocycles. The Balaban J connectivity index is 1.68. The number of anilines is 2. The first-order chi connectivity index (χ1) is 16.4. The summed E-state index contributed by atoms with van der Waals surface area (Å²) in [7, 11) is 0. The number of carbonyl (C=O) groups is 2. The van der Waals surface area contributed by atoms with Gasteiger partial charge in [0.2, 0.25) is 11.8 Å². The van der Waals surface area contributed by atoms with Crippen molar-refractivity contribution in [3.8, 4) is 0 Å². The second-order valence-electron chi connectivity index (χ2n) is 7.58. The fourth-order valence-electron chi connectivity index (χ4n) is 3.72. The maximum Gasteiger partial charge on any atom is 0.244 e. The van der Waals surface area contributed by atoms with Crippen molar-refractivity contribution in [1.82, 2.24) is 15.2 Å². The number of nitrogens with zero attached hydrogens (tertiary/aromatic N) is 3. The number of aromatic nitrogens is 1. The van der Waals surface area contributed by atoms with Crippen LogP contribution in [0.2, 0.25) is 5.02 Å². The second-order valence-corrected chi connectivity index (χ2v) is 8.83. The topological polar surface area (TPSA) is 65.5 Å². The van der Waals surface area contributed by atoms with Crippen molar-refractivity contribution < 1.29 is 9.59 Å². The molecule has 1 N–H and O–H groups in total. The third-order valence-corrected chi connectivity index (χ3v) is 6.61. The van der Waals surface area contributed by atoms with Crippen LogP contribution in [0, 0.1) is 0 Å². The number of carbonyl (C=O) groups excluding carboxylic acids is 2. The number of amides is 2. The van der Waals surface area contributed by atoms with Crippen molar-refractivity contribution in [3.63, 3.8) is 0 Å². The zero-order valence-corrected chi connectivity index (χ0v) is 21.1. The number of likely N-dealkylation sites (N-methyl/N-ethyl adjacent to an activating group) is 1. The number of para-hydroxylation sites is 1. The van der Waals surface area contributed by atoms with Gasteiger partial charge in [0.1, 0.15) is 0 Å². The highest BCUT2D eigenvalue weighted by atomic mass is 35.5. The van der Waals surface area contributed by atoms with Crippen LogP contribution in [0.15, 0.2) is 66.1 Å². The van der Waals surface area contributed by atoms with Crippen LogP contribution < -0.4 is 10.2 Å². The summed E-state index contributed by atoms with van der Waals surface area (Å²) in [5.41, 5.74) is 2.36. The monoisotopic (exact) mass is 496 g/mol. The molecule has 0 fully saturated rings. The van der Waals surface area contributed by atoms with Crippen molar-refractivity contribution in [2.45, 2.75) is 26.8 Å². The normalized spacial score (nSPS) is 12.1. The number of halogens is 1. The van der Waals surface area contributed by atoms with Crippen LogP contribution in [0.5, 0.6) is 0 Å².